The first-order valence-corrected chi connectivity index (χ1v) is 10.2. The maximum Gasteiger partial charge on any atom is 0.262 e. The highest BCUT2D eigenvalue weighted by Gasteiger charge is 2.13. The summed E-state index contributed by atoms with van der Waals surface area (Å²) in [6, 6.07) is 17.1. The fraction of sp³-hybridized carbons (Fsp3) is 0.136. The number of aromatic nitrogens is 2. The number of nitrogens with one attached hydrogen (secondary N) is 1. The van der Waals surface area contributed by atoms with Crippen molar-refractivity contribution in [2.45, 2.75) is 18.6 Å². The normalized spacial score (nSPS) is 11.1. The van der Waals surface area contributed by atoms with E-state index in [4.69, 9.17) is 0 Å². The van der Waals surface area contributed by atoms with Crippen LogP contribution in [0.25, 0.3) is 21.7 Å². The van der Waals surface area contributed by atoms with Gasteiger partial charge in [-0.15, -0.1) is 0 Å². The van der Waals surface area contributed by atoms with Crippen molar-refractivity contribution in [2.75, 3.05) is 11.1 Å². The third-order valence-corrected chi connectivity index (χ3v) is 5.54. The lowest BCUT2D eigenvalue weighted by molar-refractivity contribution is -0.113. The summed E-state index contributed by atoms with van der Waals surface area (Å²) in [6.45, 7) is 2.33. The van der Waals surface area contributed by atoms with Gasteiger partial charge in [0.1, 0.15) is 5.82 Å². The van der Waals surface area contributed by atoms with Crippen LogP contribution in [0.1, 0.15) is 6.92 Å². The molecule has 0 unspecified atom stereocenters. The Bertz CT molecular complexity index is 1270. The Hall–Kier alpha value is -3.19. The molecule has 0 spiro atoms. The Morgan fingerprint density at radius 2 is 1.79 bits per heavy atom. The molecule has 4 rings (SSSR count). The van der Waals surface area contributed by atoms with Gasteiger partial charge in [0.05, 0.1) is 16.7 Å². The van der Waals surface area contributed by atoms with E-state index in [9.17, 15) is 14.0 Å². The molecule has 0 saturated heterocycles. The Labute approximate surface area is 170 Å². The second-order valence-electron chi connectivity index (χ2n) is 6.50. The number of nitrogens with zero attached hydrogens (tertiary/aromatic N) is 2. The van der Waals surface area contributed by atoms with Crippen molar-refractivity contribution in [3.63, 3.8) is 0 Å². The molecule has 4 aromatic rings. The third kappa shape index (κ3) is 4.00. The molecule has 3 aromatic carbocycles. The van der Waals surface area contributed by atoms with Gasteiger partial charge < -0.3 is 5.32 Å². The molecule has 29 heavy (non-hydrogen) atoms. The molecule has 1 heterocycles. The molecule has 0 atom stereocenters. The number of hydrogen-bond donors (Lipinski definition) is 1. The van der Waals surface area contributed by atoms with Gasteiger partial charge in [-0.3, -0.25) is 14.2 Å². The van der Waals surface area contributed by atoms with E-state index in [2.05, 4.69) is 10.3 Å². The van der Waals surface area contributed by atoms with Crippen LogP contribution in [0.5, 0.6) is 0 Å². The standard InChI is InChI=1S/C22H18FN3O2S/c1-2-26-21(28)18-11-14-5-3-4-6-15(14)12-19(18)25-22(26)29-13-20(27)24-17-9-7-16(23)8-10-17/h3-12H,2,13H2,1H3,(H,24,27). The minimum Gasteiger partial charge on any atom is -0.325 e. The number of rotatable bonds is 5. The quantitative estimate of drug-likeness (QED) is 0.302. The molecule has 0 fully saturated rings. The molecule has 5 nitrogen and oxygen atoms in total. The highest BCUT2D eigenvalue weighted by Crippen LogP contribution is 2.23. The summed E-state index contributed by atoms with van der Waals surface area (Å²) in [6.07, 6.45) is 0. The molecule has 0 aliphatic carbocycles. The van der Waals surface area contributed by atoms with Gasteiger partial charge >= 0.3 is 0 Å². The highest BCUT2D eigenvalue weighted by molar-refractivity contribution is 7.99. The predicted molar refractivity (Wildman–Crippen MR) is 115 cm³/mol. The third-order valence-electron chi connectivity index (χ3n) is 4.56. The second-order valence-corrected chi connectivity index (χ2v) is 7.45. The van der Waals surface area contributed by atoms with E-state index in [0.29, 0.717) is 28.3 Å². The Morgan fingerprint density at radius 1 is 1.10 bits per heavy atom. The number of benzene rings is 3. The molecule has 1 amide bonds. The van der Waals surface area contributed by atoms with Gasteiger partial charge in [-0.25, -0.2) is 9.37 Å². The summed E-state index contributed by atoms with van der Waals surface area (Å²) >= 11 is 1.20. The van der Waals surface area contributed by atoms with Gasteiger partial charge in [0, 0.05) is 12.2 Å². The summed E-state index contributed by atoms with van der Waals surface area (Å²) in [4.78, 5) is 29.9. The first-order chi connectivity index (χ1) is 14.0. The zero-order valence-electron chi connectivity index (χ0n) is 15.7. The van der Waals surface area contributed by atoms with E-state index in [1.165, 1.54) is 36.0 Å². The van der Waals surface area contributed by atoms with Gasteiger partial charge in [-0.2, -0.15) is 0 Å². The number of hydrogen-bond acceptors (Lipinski definition) is 4. The van der Waals surface area contributed by atoms with Gasteiger partial charge in [-0.05, 0) is 54.1 Å². The van der Waals surface area contributed by atoms with Crippen molar-refractivity contribution in [2.24, 2.45) is 0 Å². The molecule has 0 bridgehead atoms. The lowest BCUT2D eigenvalue weighted by Gasteiger charge is -2.12. The van der Waals surface area contributed by atoms with Crippen LogP contribution in [0, 0.1) is 5.82 Å². The monoisotopic (exact) mass is 407 g/mol. The van der Waals surface area contributed by atoms with Crippen LogP contribution >= 0.6 is 11.8 Å². The molecule has 1 aromatic heterocycles. The number of thioether (sulfide) groups is 1. The Kier molecular flexibility index (Phi) is 5.31. The summed E-state index contributed by atoms with van der Waals surface area (Å²) in [7, 11) is 0. The minimum atomic E-state index is -0.364. The molecule has 0 aliphatic heterocycles. The number of carbonyl (C=O) groups is 1. The molecule has 7 heteroatoms. The SMILES string of the molecule is CCn1c(SCC(=O)Nc2ccc(F)cc2)nc2cc3ccccc3cc2c1=O. The Morgan fingerprint density at radius 3 is 2.48 bits per heavy atom. The van der Waals surface area contributed by atoms with Crippen molar-refractivity contribution in [3.05, 3.63) is 76.8 Å². The summed E-state index contributed by atoms with van der Waals surface area (Å²) in [5, 5.41) is 5.76. The second kappa shape index (κ2) is 8.05. The number of halogens is 1. The summed E-state index contributed by atoms with van der Waals surface area (Å²) in [5.41, 5.74) is 1.01. The van der Waals surface area contributed by atoms with Crippen LogP contribution in [0.4, 0.5) is 10.1 Å². The zero-order chi connectivity index (χ0) is 20.4. The van der Waals surface area contributed by atoms with Gasteiger partial charge in [-0.1, -0.05) is 36.0 Å². The molecular weight excluding hydrogens is 389 g/mol. The lowest BCUT2D eigenvalue weighted by Crippen LogP contribution is -2.23. The largest absolute Gasteiger partial charge is 0.325 e. The average Bonchev–Trinajstić information content (AvgIpc) is 2.73. The van der Waals surface area contributed by atoms with Crippen LogP contribution in [-0.2, 0) is 11.3 Å². The number of fused-ring (bicyclic) bond motifs is 2. The first kappa shape index (κ1) is 19.1. The molecule has 0 radical (unpaired) electrons. The van der Waals surface area contributed by atoms with Gasteiger partial charge in [0.25, 0.3) is 5.56 Å². The van der Waals surface area contributed by atoms with Crippen molar-refractivity contribution in [1.82, 2.24) is 9.55 Å². The van der Waals surface area contributed by atoms with Crippen LogP contribution in [0.15, 0.2) is 70.6 Å². The topological polar surface area (TPSA) is 64.0 Å². The van der Waals surface area contributed by atoms with E-state index >= 15 is 0 Å². The number of carbonyl (C=O) groups excluding carboxylic acids is 1. The van der Waals surface area contributed by atoms with Crippen LogP contribution in [0.2, 0.25) is 0 Å². The predicted octanol–water partition coefficient (Wildman–Crippen LogP) is 4.44. The minimum absolute atomic E-state index is 0.0862. The molecular formula is C22H18FN3O2S. The van der Waals surface area contributed by atoms with Gasteiger partial charge in [0.2, 0.25) is 5.91 Å². The van der Waals surface area contributed by atoms with Crippen LogP contribution < -0.4 is 10.9 Å². The average molecular weight is 407 g/mol. The lowest BCUT2D eigenvalue weighted by atomic mass is 10.1. The maximum atomic E-state index is 13.0. The molecule has 0 saturated carbocycles. The van der Waals surface area contributed by atoms with Crippen molar-refractivity contribution in [1.29, 1.82) is 0 Å². The van der Waals surface area contributed by atoms with Crippen molar-refractivity contribution < 1.29 is 9.18 Å². The highest BCUT2D eigenvalue weighted by atomic mass is 32.2. The summed E-state index contributed by atoms with van der Waals surface area (Å²) in [5.74, 6) is -0.530. The zero-order valence-corrected chi connectivity index (χ0v) is 16.5. The fourth-order valence-corrected chi connectivity index (χ4v) is 4.00. The molecule has 146 valence electrons. The fourth-order valence-electron chi connectivity index (χ4n) is 3.14. The Balaban J connectivity index is 1.62. The van der Waals surface area contributed by atoms with Crippen molar-refractivity contribution in [3.8, 4) is 0 Å². The summed E-state index contributed by atoms with van der Waals surface area (Å²) < 4.78 is 14.6. The van der Waals surface area contributed by atoms with E-state index in [0.717, 1.165) is 10.8 Å². The van der Waals surface area contributed by atoms with Crippen molar-refractivity contribution >= 4 is 45.0 Å². The molecule has 1 N–H and O–H groups in total. The number of amides is 1. The van der Waals surface area contributed by atoms with Crippen LogP contribution in [-0.4, -0.2) is 21.2 Å². The van der Waals surface area contributed by atoms with Gasteiger partial charge in [0.15, 0.2) is 5.16 Å². The van der Waals surface area contributed by atoms with E-state index in [1.54, 1.807) is 4.57 Å². The maximum absolute atomic E-state index is 13.0. The first-order valence-electron chi connectivity index (χ1n) is 9.16. The smallest absolute Gasteiger partial charge is 0.262 e. The van der Waals surface area contributed by atoms with E-state index < -0.39 is 0 Å². The number of anilines is 1. The van der Waals surface area contributed by atoms with E-state index in [1.807, 2.05) is 43.3 Å². The molecule has 0 aliphatic rings. The van der Waals surface area contributed by atoms with Crippen LogP contribution in [0.3, 0.4) is 0 Å². The van der Waals surface area contributed by atoms with E-state index in [-0.39, 0.29) is 23.0 Å².